The molecule has 1 unspecified atom stereocenters. The minimum atomic E-state index is -0.593. The molecule has 0 spiro atoms. The van der Waals surface area contributed by atoms with Crippen molar-refractivity contribution >= 4 is 5.91 Å². The molecule has 0 saturated carbocycles. The third-order valence-electron chi connectivity index (χ3n) is 3.65. The van der Waals surface area contributed by atoms with Crippen LogP contribution < -0.4 is 5.32 Å². The average Bonchev–Trinajstić information content (AvgIpc) is 2.48. The second-order valence-electron chi connectivity index (χ2n) is 5.25. The summed E-state index contributed by atoms with van der Waals surface area (Å²) in [6.07, 6.45) is -0.0666. The van der Waals surface area contributed by atoms with E-state index in [-0.39, 0.29) is 5.91 Å². The lowest BCUT2D eigenvalue weighted by atomic mass is 9.90. The van der Waals surface area contributed by atoms with Gasteiger partial charge in [-0.05, 0) is 12.5 Å². The maximum Gasteiger partial charge on any atom is 0.225 e. The van der Waals surface area contributed by atoms with Crippen molar-refractivity contribution in [1.82, 2.24) is 5.32 Å². The van der Waals surface area contributed by atoms with Crippen LogP contribution >= 0.6 is 0 Å². The first-order valence-electron chi connectivity index (χ1n) is 6.75. The number of hydrogen-bond donors (Lipinski definition) is 1. The number of carbonyl (C=O) groups excluding carboxylic acids is 1. The molecule has 1 fully saturated rings. The predicted molar refractivity (Wildman–Crippen MR) is 76.8 cm³/mol. The molecular formula is C17H17NO2. The molecule has 1 N–H and O–H groups in total. The summed E-state index contributed by atoms with van der Waals surface area (Å²) in [6, 6.07) is 19.7. The van der Waals surface area contributed by atoms with Gasteiger partial charge in [0.05, 0.1) is 6.42 Å². The Kier molecular flexibility index (Phi) is 3.28. The van der Waals surface area contributed by atoms with Crippen molar-refractivity contribution in [3.05, 3.63) is 71.8 Å². The van der Waals surface area contributed by atoms with E-state index in [1.165, 1.54) is 0 Å². The first-order chi connectivity index (χ1) is 9.67. The van der Waals surface area contributed by atoms with Gasteiger partial charge in [-0.25, -0.2) is 0 Å². The molecule has 3 heteroatoms. The Balaban J connectivity index is 1.92. The van der Waals surface area contributed by atoms with Gasteiger partial charge >= 0.3 is 0 Å². The van der Waals surface area contributed by atoms with Crippen LogP contribution in [-0.4, -0.2) is 5.91 Å². The van der Waals surface area contributed by atoms with Crippen LogP contribution in [0.2, 0.25) is 0 Å². The highest BCUT2D eigenvalue weighted by molar-refractivity contribution is 5.78. The van der Waals surface area contributed by atoms with Crippen LogP contribution in [0.3, 0.4) is 0 Å². The smallest absolute Gasteiger partial charge is 0.225 e. The van der Waals surface area contributed by atoms with Crippen molar-refractivity contribution in [3.8, 4) is 0 Å². The topological polar surface area (TPSA) is 38.3 Å². The maximum absolute atomic E-state index is 12.0. The molecule has 2 atom stereocenters. The highest BCUT2D eigenvalue weighted by atomic mass is 16.5. The zero-order chi connectivity index (χ0) is 14.0. The molecule has 0 bridgehead atoms. The first-order valence-corrected chi connectivity index (χ1v) is 6.75. The second kappa shape index (κ2) is 5.10. The van der Waals surface area contributed by atoms with Crippen molar-refractivity contribution in [2.75, 3.05) is 0 Å². The summed E-state index contributed by atoms with van der Waals surface area (Å²) in [6.45, 7) is 1.97. The predicted octanol–water partition coefficient (Wildman–Crippen LogP) is 3.14. The van der Waals surface area contributed by atoms with Gasteiger partial charge in [0.15, 0.2) is 6.23 Å². The molecule has 3 nitrogen and oxygen atoms in total. The Morgan fingerprint density at radius 2 is 1.65 bits per heavy atom. The van der Waals surface area contributed by atoms with Crippen molar-refractivity contribution in [3.63, 3.8) is 0 Å². The van der Waals surface area contributed by atoms with Crippen molar-refractivity contribution < 1.29 is 9.53 Å². The molecule has 1 amide bonds. The van der Waals surface area contributed by atoms with Gasteiger partial charge in [0.2, 0.25) is 5.91 Å². The molecule has 3 rings (SSSR count). The molecule has 20 heavy (non-hydrogen) atoms. The minimum Gasteiger partial charge on any atom is -0.343 e. The molecule has 1 aliphatic rings. The summed E-state index contributed by atoms with van der Waals surface area (Å²) < 4.78 is 6.18. The molecule has 1 aliphatic heterocycles. The molecule has 0 aromatic heterocycles. The molecule has 1 heterocycles. The fourth-order valence-corrected chi connectivity index (χ4v) is 2.57. The van der Waals surface area contributed by atoms with Gasteiger partial charge in [0, 0.05) is 5.56 Å². The lowest BCUT2D eigenvalue weighted by Gasteiger charge is -2.39. The number of rotatable bonds is 2. The van der Waals surface area contributed by atoms with Crippen LogP contribution in [0.4, 0.5) is 0 Å². The van der Waals surface area contributed by atoms with Crippen LogP contribution in [0.15, 0.2) is 60.7 Å². The van der Waals surface area contributed by atoms with E-state index in [4.69, 9.17) is 4.74 Å². The molecule has 1 saturated heterocycles. The Morgan fingerprint density at radius 1 is 1.05 bits per heavy atom. The summed E-state index contributed by atoms with van der Waals surface area (Å²) in [7, 11) is 0. The Morgan fingerprint density at radius 3 is 2.30 bits per heavy atom. The molecule has 2 aromatic rings. The number of carbonyl (C=O) groups is 1. The van der Waals surface area contributed by atoms with Gasteiger partial charge in [0.25, 0.3) is 0 Å². The molecular weight excluding hydrogens is 250 g/mol. The lowest BCUT2D eigenvalue weighted by molar-refractivity contribution is -0.164. The van der Waals surface area contributed by atoms with Gasteiger partial charge in [-0.2, -0.15) is 0 Å². The molecule has 0 radical (unpaired) electrons. The normalized spacial score (nSPS) is 26.1. The summed E-state index contributed by atoms with van der Waals surface area (Å²) in [4.78, 5) is 12.0. The van der Waals surface area contributed by atoms with Crippen LogP contribution in [0.5, 0.6) is 0 Å². The fraction of sp³-hybridized carbons (Fsp3) is 0.235. The van der Waals surface area contributed by atoms with Crippen LogP contribution in [0.1, 0.15) is 30.7 Å². The van der Waals surface area contributed by atoms with Crippen LogP contribution in [0, 0.1) is 0 Å². The summed E-state index contributed by atoms with van der Waals surface area (Å²) in [5.41, 5.74) is 1.39. The van der Waals surface area contributed by atoms with Gasteiger partial charge in [-0.3, -0.25) is 4.79 Å². The number of ether oxygens (including phenoxy) is 1. The van der Waals surface area contributed by atoms with E-state index in [1.54, 1.807) is 0 Å². The summed E-state index contributed by atoms with van der Waals surface area (Å²) >= 11 is 0. The monoisotopic (exact) mass is 267 g/mol. The van der Waals surface area contributed by atoms with Crippen LogP contribution in [-0.2, 0) is 15.1 Å². The molecule has 2 aromatic carbocycles. The largest absolute Gasteiger partial charge is 0.343 e. The van der Waals surface area contributed by atoms with E-state index in [2.05, 4.69) is 5.32 Å². The van der Waals surface area contributed by atoms with Crippen molar-refractivity contribution in [2.24, 2.45) is 0 Å². The summed E-state index contributed by atoms with van der Waals surface area (Å²) in [5, 5.41) is 2.90. The average molecular weight is 267 g/mol. The Labute approximate surface area is 118 Å². The van der Waals surface area contributed by atoms with E-state index in [0.29, 0.717) is 6.42 Å². The van der Waals surface area contributed by atoms with E-state index in [0.717, 1.165) is 11.1 Å². The standard InChI is InChI=1S/C17H17NO2/c1-17(14-10-6-3-7-11-14)12-15(19)18-16(20-17)13-8-4-2-5-9-13/h2-11,16H,12H2,1H3,(H,18,19)/t16-,17?/m0/s1. The van der Waals surface area contributed by atoms with E-state index < -0.39 is 11.8 Å². The van der Waals surface area contributed by atoms with Crippen molar-refractivity contribution in [1.29, 1.82) is 0 Å². The quantitative estimate of drug-likeness (QED) is 0.907. The Bertz CT molecular complexity index is 597. The molecule has 102 valence electrons. The summed E-state index contributed by atoms with van der Waals surface area (Å²) in [5.74, 6) is 0.0106. The minimum absolute atomic E-state index is 0.0106. The zero-order valence-corrected chi connectivity index (χ0v) is 11.4. The van der Waals surface area contributed by atoms with Crippen molar-refractivity contribution in [2.45, 2.75) is 25.2 Å². The SMILES string of the molecule is CC1(c2ccccc2)CC(=O)N[C@H](c2ccccc2)O1. The zero-order valence-electron chi connectivity index (χ0n) is 11.4. The Hall–Kier alpha value is -2.13. The number of amides is 1. The molecule has 0 aliphatic carbocycles. The fourth-order valence-electron chi connectivity index (χ4n) is 2.57. The van der Waals surface area contributed by atoms with Gasteiger partial charge in [-0.15, -0.1) is 0 Å². The van der Waals surface area contributed by atoms with Gasteiger partial charge in [-0.1, -0.05) is 60.7 Å². The number of nitrogens with one attached hydrogen (secondary N) is 1. The number of hydrogen-bond acceptors (Lipinski definition) is 2. The van der Waals surface area contributed by atoms with E-state index >= 15 is 0 Å². The second-order valence-corrected chi connectivity index (χ2v) is 5.25. The highest BCUT2D eigenvalue weighted by Gasteiger charge is 2.38. The first kappa shape index (κ1) is 12.9. The third-order valence-corrected chi connectivity index (χ3v) is 3.65. The van der Waals surface area contributed by atoms with E-state index in [1.807, 2.05) is 67.6 Å². The highest BCUT2D eigenvalue weighted by Crippen LogP contribution is 2.37. The van der Waals surface area contributed by atoms with Gasteiger partial charge in [0.1, 0.15) is 5.60 Å². The lowest BCUT2D eigenvalue weighted by Crippen LogP contribution is -2.46. The third kappa shape index (κ3) is 2.45. The maximum atomic E-state index is 12.0. The number of benzene rings is 2. The van der Waals surface area contributed by atoms with E-state index in [9.17, 15) is 4.79 Å². The van der Waals surface area contributed by atoms with Crippen LogP contribution in [0.25, 0.3) is 0 Å². The van der Waals surface area contributed by atoms with Gasteiger partial charge < -0.3 is 10.1 Å².